The van der Waals surface area contributed by atoms with E-state index in [0.717, 1.165) is 11.8 Å². The summed E-state index contributed by atoms with van der Waals surface area (Å²) < 4.78 is 37.3. The van der Waals surface area contributed by atoms with Crippen LogP contribution in [-0.4, -0.2) is 46.9 Å². The van der Waals surface area contributed by atoms with Gasteiger partial charge in [-0.3, -0.25) is 9.10 Å². The summed E-state index contributed by atoms with van der Waals surface area (Å²) in [7, 11) is -3.48. The predicted octanol–water partition coefficient (Wildman–Crippen LogP) is 4.14. The number of hydrogen-bond acceptors (Lipinski definition) is 7. The normalized spacial score (nSPS) is 13.9. The fourth-order valence-electron chi connectivity index (χ4n) is 4.30. The number of nitrogens with two attached hydrogens (primary N) is 1. The van der Waals surface area contributed by atoms with Crippen LogP contribution >= 0.6 is 0 Å². The minimum absolute atomic E-state index is 0.174. The van der Waals surface area contributed by atoms with Crippen molar-refractivity contribution >= 4 is 44.3 Å². The smallest absolute Gasteiger partial charge is 0.258 e. The van der Waals surface area contributed by atoms with E-state index in [1.54, 1.807) is 30.3 Å². The van der Waals surface area contributed by atoms with E-state index in [1.165, 1.54) is 4.31 Å². The van der Waals surface area contributed by atoms with Crippen LogP contribution in [0.25, 0.3) is 11.3 Å². The summed E-state index contributed by atoms with van der Waals surface area (Å²) in [5.74, 6) is 0.859. The molecule has 9 nitrogen and oxygen atoms in total. The van der Waals surface area contributed by atoms with Crippen molar-refractivity contribution in [3.05, 3.63) is 77.9 Å². The zero-order valence-electron chi connectivity index (χ0n) is 21.7. The Bertz CT molecular complexity index is 1440. The molecule has 0 fully saturated rings. The van der Waals surface area contributed by atoms with Crippen molar-refractivity contribution < 1.29 is 22.7 Å². The Hall–Kier alpha value is -4.02. The Morgan fingerprint density at radius 1 is 0.974 bits per heavy atom. The van der Waals surface area contributed by atoms with Gasteiger partial charge in [0.2, 0.25) is 10.0 Å². The van der Waals surface area contributed by atoms with E-state index < -0.39 is 10.0 Å². The third kappa shape index (κ3) is 5.76. The zero-order valence-corrected chi connectivity index (χ0v) is 22.5. The van der Waals surface area contributed by atoms with E-state index in [-0.39, 0.29) is 19.0 Å². The van der Waals surface area contributed by atoms with Crippen LogP contribution in [0.2, 0.25) is 0 Å². The Labute approximate surface area is 223 Å². The number of rotatable bonds is 11. The molecule has 0 aliphatic carbocycles. The van der Waals surface area contributed by atoms with Crippen LogP contribution in [-0.2, 0) is 14.8 Å². The maximum atomic E-state index is 13.3. The van der Waals surface area contributed by atoms with Gasteiger partial charge in [0.15, 0.2) is 11.5 Å². The predicted molar refractivity (Wildman–Crippen MR) is 152 cm³/mol. The summed E-state index contributed by atoms with van der Waals surface area (Å²) in [6.07, 6.45) is 1.15. The highest BCUT2D eigenvalue weighted by atomic mass is 32.2. The van der Waals surface area contributed by atoms with Crippen LogP contribution in [0.3, 0.4) is 0 Å². The van der Waals surface area contributed by atoms with Gasteiger partial charge in [0.25, 0.3) is 5.91 Å². The summed E-state index contributed by atoms with van der Waals surface area (Å²) >= 11 is 0. The summed E-state index contributed by atoms with van der Waals surface area (Å²) in [6, 6.07) is 20.1. The lowest BCUT2D eigenvalue weighted by molar-refractivity contribution is -0.110. The summed E-state index contributed by atoms with van der Waals surface area (Å²) in [6.45, 7) is 5.06. The summed E-state index contributed by atoms with van der Waals surface area (Å²) in [5.41, 5.74) is 10.00. The molecule has 1 aliphatic rings. The van der Waals surface area contributed by atoms with E-state index in [4.69, 9.17) is 15.2 Å². The molecule has 4 N–H and O–H groups in total. The molecule has 1 amide bonds. The molecule has 3 aromatic rings. The van der Waals surface area contributed by atoms with E-state index in [2.05, 4.69) is 10.6 Å². The maximum absolute atomic E-state index is 13.3. The molecule has 0 bridgehead atoms. The van der Waals surface area contributed by atoms with Crippen LogP contribution in [0.4, 0.5) is 17.1 Å². The molecule has 0 unspecified atom stereocenters. The van der Waals surface area contributed by atoms with Crippen LogP contribution in [0, 0.1) is 0 Å². The number of benzene rings is 3. The lowest BCUT2D eigenvalue weighted by Gasteiger charge is -2.22. The molecular weight excluding hydrogens is 504 g/mol. The van der Waals surface area contributed by atoms with Gasteiger partial charge in [-0.25, -0.2) is 8.42 Å². The van der Waals surface area contributed by atoms with Crippen LogP contribution in [0.5, 0.6) is 11.5 Å². The largest absolute Gasteiger partial charge is 0.490 e. The lowest BCUT2D eigenvalue weighted by atomic mass is 9.99. The highest BCUT2D eigenvalue weighted by Gasteiger charge is 2.30. The van der Waals surface area contributed by atoms with Crippen LogP contribution in [0.1, 0.15) is 25.0 Å². The average Bonchev–Trinajstić information content (AvgIpc) is 3.21. The Morgan fingerprint density at radius 3 is 2.18 bits per heavy atom. The molecule has 0 saturated carbocycles. The number of nitrogens with zero attached hydrogens (tertiary/aromatic N) is 1. The lowest BCUT2D eigenvalue weighted by Crippen LogP contribution is -2.34. The fourth-order valence-corrected chi connectivity index (χ4v) is 5.25. The standard InChI is InChI=1S/C28H32N4O5S/c1-4-36-24-17-22-23(18-25(24)37-5-2)31-28(33)26(22)27(19-9-7-6-8-10-19)30-20-11-13-21(14-12-20)32(16-15-29)38(3,34)35/h6-14,17-18,30H,4-5,15-16,29H2,1-3H3,(H,31,33). The van der Waals surface area contributed by atoms with Crippen molar-refractivity contribution in [1.29, 1.82) is 0 Å². The number of anilines is 3. The third-order valence-electron chi connectivity index (χ3n) is 5.90. The molecule has 0 spiro atoms. The first-order chi connectivity index (χ1) is 18.3. The molecule has 0 radical (unpaired) electrons. The van der Waals surface area contributed by atoms with Gasteiger partial charge in [0, 0.05) is 30.4 Å². The van der Waals surface area contributed by atoms with E-state index >= 15 is 0 Å². The van der Waals surface area contributed by atoms with Gasteiger partial charge >= 0.3 is 0 Å². The molecule has 1 aliphatic heterocycles. The van der Waals surface area contributed by atoms with Crippen molar-refractivity contribution in [3.63, 3.8) is 0 Å². The second kappa shape index (κ2) is 11.6. The van der Waals surface area contributed by atoms with Crippen molar-refractivity contribution in [2.24, 2.45) is 5.73 Å². The van der Waals surface area contributed by atoms with Crippen molar-refractivity contribution in [3.8, 4) is 11.5 Å². The quantitative estimate of drug-likeness (QED) is 0.315. The number of amides is 1. The van der Waals surface area contributed by atoms with Crippen LogP contribution < -0.4 is 30.1 Å². The van der Waals surface area contributed by atoms with E-state index in [0.29, 0.717) is 58.6 Å². The minimum Gasteiger partial charge on any atom is -0.490 e. The first-order valence-corrected chi connectivity index (χ1v) is 14.2. The number of carbonyl (C=O) groups is 1. The molecule has 1 heterocycles. The Kier molecular flexibility index (Phi) is 8.23. The Morgan fingerprint density at radius 2 is 1.61 bits per heavy atom. The molecule has 0 aromatic heterocycles. The van der Waals surface area contributed by atoms with Gasteiger partial charge in [-0.05, 0) is 49.7 Å². The highest BCUT2D eigenvalue weighted by Crippen LogP contribution is 2.43. The van der Waals surface area contributed by atoms with E-state index in [9.17, 15) is 13.2 Å². The summed E-state index contributed by atoms with van der Waals surface area (Å²) in [5, 5.41) is 6.34. The SMILES string of the molecule is CCOc1cc2c(cc1OCC)C(=C(Nc1ccc(N(CCN)S(C)(=O)=O)cc1)c1ccccc1)C(=O)N2. The molecule has 4 rings (SSSR count). The first-order valence-electron chi connectivity index (χ1n) is 12.4. The van der Waals surface area contributed by atoms with Gasteiger partial charge in [0.05, 0.1) is 42.1 Å². The second-order valence-electron chi connectivity index (χ2n) is 8.58. The first kappa shape index (κ1) is 27.0. The monoisotopic (exact) mass is 536 g/mol. The molecule has 3 aromatic carbocycles. The maximum Gasteiger partial charge on any atom is 0.258 e. The average molecular weight is 537 g/mol. The molecule has 0 atom stereocenters. The highest BCUT2D eigenvalue weighted by molar-refractivity contribution is 7.92. The number of sulfonamides is 1. The van der Waals surface area contributed by atoms with Gasteiger partial charge in [-0.15, -0.1) is 0 Å². The van der Waals surface area contributed by atoms with Gasteiger partial charge in [-0.1, -0.05) is 30.3 Å². The molecule has 200 valence electrons. The van der Waals surface area contributed by atoms with Crippen molar-refractivity contribution in [2.75, 3.05) is 47.5 Å². The fraction of sp³-hybridized carbons (Fsp3) is 0.250. The van der Waals surface area contributed by atoms with E-state index in [1.807, 2.05) is 50.2 Å². The number of carbonyl (C=O) groups excluding carboxylic acids is 1. The van der Waals surface area contributed by atoms with Gasteiger partial charge in [-0.2, -0.15) is 0 Å². The van der Waals surface area contributed by atoms with Crippen molar-refractivity contribution in [1.82, 2.24) is 0 Å². The number of hydrogen-bond donors (Lipinski definition) is 3. The number of ether oxygens (including phenoxy) is 2. The number of fused-ring (bicyclic) bond motifs is 1. The molecule has 10 heteroatoms. The van der Waals surface area contributed by atoms with Gasteiger partial charge in [0.1, 0.15) is 0 Å². The third-order valence-corrected chi connectivity index (χ3v) is 7.09. The zero-order chi connectivity index (χ0) is 27.3. The van der Waals surface area contributed by atoms with Crippen LogP contribution in [0.15, 0.2) is 66.7 Å². The van der Waals surface area contributed by atoms with Gasteiger partial charge < -0.3 is 25.8 Å². The summed E-state index contributed by atoms with van der Waals surface area (Å²) in [4.78, 5) is 13.3. The second-order valence-corrected chi connectivity index (χ2v) is 10.5. The molecule has 0 saturated heterocycles. The minimum atomic E-state index is -3.48. The van der Waals surface area contributed by atoms with Crippen molar-refractivity contribution in [2.45, 2.75) is 13.8 Å². The number of nitrogens with one attached hydrogen (secondary N) is 2. The molecule has 38 heavy (non-hydrogen) atoms. The topological polar surface area (TPSA) is 123 Å². The molecular formula is C28H32N4O5S. The Balaban J connectivity index is 1.80.